The zero-order valence-electron chi connectivity index (χ0n) is 17.3. The Balaban J connectivity index is 1.74. The van der Waals surface area contributed by atoms with Gasteiger partial charge in [-0.15, -0.1) is 0 Å². The lowest BCUT2D eigenvalue weighted by Crippen LogP contribution is -2.00. The van der Waals surface area contributed by atoms with E-state index >= 15 is 0 Å². The first kappa shape index (κ1) is 21.0. The van der Waals surface area contributed by atoms with E-state index in [9.17, 15) is 4.79 Å². The van der Waals surface area contributed by atoms with Crippen LogP contribution in [0.5, 0.6) is 23.0 Å². The van der Waals surface area contributed by atoms with Gasteiger partial charge in [0, 0.05) is 5.56 Å². The maximum Gasteiger partial charge on any atom is 0.189 e. The Morgan fingerprint density at radius 2 is 1.50 bits per heavy atom. The second-order valence-electron chi connectivity index (χ2n) is 6.43. The quantitative estimate of drug-likeness (QED) is 0.363. The largest absolute Gasteiger partial charge is 0.497 e. The fourth-order valence-electron chi connectivity index (χ4n) is 2.96. The van der Waals surface area contributed by atoms with Crippen molar-refractivity contribution in [2.75, 3.05) is 21.3 Å². The number of carbonyl (C=O) groups is 1. The predicted molar refractivity (Wildman–Crippen MR) is 117 cm³/mol. The highest BCUT2D eigenvalue weighted by Gasteiger charge is 2.09. The normalized spacial score (nSPS) is 10.6. The fourth-order valence-corrected chi connectivity index (χ4v) is 2.96. The van der Waals surface area contributed by atoms with Crippen LogP contribution in [0.2, 0.25) is 0 Å². The van der Waals surface area contributed by atoms with Crippen LogP contribution in [0.4, 0.5) is 0 Å². The van der Waals surface area contributed by atoms with E-state index < -0.39 is 0 Å². The molecule has 0 aliphatic heterocycles. The van der Waals surface area contributed by atoms with Gasteiger partial charge >= 0.3 is 0 Å². The molecule has 0 atom stereocenters. The van der Waals surface area contributed by atoms with Crippen molar-refractivity contribution in [3.63, 3.8) is 0 Å². The van der Waals surface area contributed by atoms with Crippen molar-refractivity contribution >= 4 is 11.9 Å². The summed E-state index contributed by atoms with van der Waals surface area (Å²) in [6, 6.07) is 20.2. The zero-order valence-corrected chi connectivity index (χ0v) is 17.3. The first-order valence-electron chi connectivity index (χ1n) is 9.44. The number of para-hydroxylation sites is 1. The van der Waals surface area contributed by atoms with Gasteiger partial charge in [0.05, 0.1) is 26.9 Å². The van der Waals surface area contributed by atoms with Crippen LogP contribution in [0.25, 0.3) is 6.08 Å². The van der Waals surface area contributed by atoms with Gasteiger partial charge in [-0.05, 0) is 60.2 Å². The molecule has 3 rings (SSSR count). The Hall–Kier alpha value is -3.73. The lowest BCUT2D eigenvalue weighted by molar-refractivity contribution is 0.104. The molecule has 3 aromatic rings. The summed E-state index contributed by atoms with van der Waals surface area (Å²) in [4.78, 5) is 12.5. The molecule has 0 heterocycles. The third kappa shape index (κ3) is 5.20. The van der Waals surface area contributed by atoms with Crippen molar-refractivity contribution in [1.29, 1.82) is 0 Å². The Labute approximate surface area is 176 Å². The summed E-state index contributed by atoms with van der Waals surface area (Å²) in [6.07, 6.45) is 3.30. The summed E-state index contributed by atoms with van der Waals surface area (Å²) in [5.74, 6) is 2.64. The van der Waals surface area contributed by atoms with Gasteiger partial charge in [-0.25, -0.2) is 0 Å². The first-order valence-corrected chi connectivity index (χ1v) is 9.44. The number of allylic oxidation sites excluding steroid dienone is 1. The van der Waals surface area contributed by atoms with Crippen LogP contribution in [0.3, 0.4) is 0 Å². The van der Waals surface area contributed by atoms with Gasteiger partial charge in [-0.1, -0.05) is 24.3 Å². The van der Waals surface area contributed by atoms with E-state index in [1.807, 2.05) is 54.6 Å². The molecule has 30 heavy (non-hydrogen) atoms. The summed E-state index contributed by atoms with van der Waals surface area (Å²) >= 11 is 0. The van der Waals surface area contributed by atoms with Gasteiger partial charge in [0.25, 0.3) is 0 Å². The maximum absolute atomic E-state index is 12.5. The van der Waals surface area contributed by atoms with Crippen molar-refractivity contribution in [1.82, 2.24) is 0 Å². The highest BCUT2D eigenvalue weighted by molar-refractivity contribution is 6.08. The van der Waals surface area contributed by atoms with Crippen molar-refractivity contribution in [3.05, 3.63) is 89.5 Å². The number of methoxy groups -OCH3 is 3. The lowest BCUT2D eigenvalue weighted by atomic mass is 10.1. The molecule has 0 aromatic heterocycles. The minimum Gasteiger partial charge on any atom is -0.497 e. The highest BCUT2D eigenvalue weighted by Crippen LogP contribution is 2.24. The first-order chi connectivity index (χ1) is 14.6. The topological polar surface area (TPSA) is 54.0 Å². The predicted octanol–water partition coefficient (Wildman–Crippen LogP) is 5.19. The molecule has 0 radical (unpaired) electrons. The third-order valence-corrected chi connectivity index (χ3v) is 4.56. The highest BCUT2D eigenvalue weighted by atomic mass is 16.5. The third-order valence-electron chi connectivity index (χ3n) is 4.56. The molecule has 0 bridgehead atoms. The Morgan fingerprint density at radius 3 is 2.20 bits per heavy atom. The SMILES string of the molecule is COc1ccc(OCc2cc(/C=C/C(=O)c3ccccc3OC)ccc2OC)cc1. The van der Waals surface area contributed by atoms with E-state index in [2.05, 4.69) is 0 Å². The van der Waals surface area contributed by atoms with Crippen LogP contribution in [-0.4, -0.2) is 27.1 Å². The maximum atomic E-state index is 12.5. The molecule has 0 amide bonds. The number of carbonyl (C=O) groups excluding carboxylic acids is 1. The summed E-state index contributed by atoms with van der Waals surface area (Å²) in [6.45, 7) is 0.331. The van der Waals surface area contributed by atoms with Gasteiger partial charge in [0.1, 0.15) is 29.6 Å². The molecule has 0 saturated carbocycles. The summed E-state index contributed by atoms with van der Waals surface area (Å²) in [5.41, 5.74) is 2.26. The number of ketones is 1. The van der Waals surface area contributed by atoms with Crippen LogP contribution in [0, 0.1) is 0 Å². The molecule has 0 fully saturated rings. The second kappa shape index (κ2) is 10.2. The van der Waals surface area contributed by atoms with Crippen LogP contribution >= 0.6 is 0 Å². The van der Waals surface area contributed by atoms with Crippen LogP contribution in [-0.2, 0) is 6.61 Å². The average molecular weight is 404 g/mol. The average Bonchev–Trinajstić information content (AvgIpc) is 2.81. The van der Waals surface area contributed by atoms with Gasteiger partial charge in [-0.2, -0.15) is 0 Å². The van der Waals surface area contributed by atoms with E-state index in [1.165, 1.54) is 6.08 Å². The molecule has 0 aliphatic carbocycles. The monoisotopic (exact) mass is 404 g/mol. The summed E-state index contributed by atoms with van der Waals surface area (Å²) in [5, 5.41) is 0. The molecular weight excluding hydrogens is 380 g/mol. The molecule has 154 valence electrons. The zero-order chi connectivity index (χ0) is 21.3. The van der Waals surface area contributed by atoms with E-state index in [1.54, 1.807) is 39.5 Å². The summed E-state index contributed by atoms with van der Waals surface area (Å²) < 4.78 is 21.7. The van der Waals surface area contributed by atoms with Gasteiger partial charge in [-0.3, -0.25) is 4.79 Å². The van der Waals surface area contributed by atoms with Gasteiger partial charge in [0.15, 0.2) is 5.78 Å². The molecular formula is C25H24O5. The standard InChI is InChI=1S/C25H24O5/c1-27-20-10-12-21(13-11-20)30-17-19-16-18(9-15-24(19)28-2)8-14-23(26)22-6-4-5-7-25(22)29-3/h4-16H,17H2,1-3H3/b14-8+. The Bertz CT molecular complexity index is 1020. The van der Waals surface area contributed by atoms with Gasteiger partial charge in [0.2, 0.25) is 0 Å². The molecule has 5 nitrogen and oxygen atoms in total. The molecule has 3 aromatic carbocycles. The minimum atomic E-state index is -0.126. The number of ether oxygens (including phenoxy) is 4. The molecule has 0 spiro atoms. The van der Waals surface area contributed by atoms with Crippen molar-refractivity contribution < 1.29 is 23.7 Å². The van der Waals surface area contributed by atoms with Crippen LogP contribution in [0.1, 0.15) is 21.5 Å². The Kier molecular flexibility index (Phi) is 7.11. The molecule has 0 aliphatic rings. The minimum absolute atomic E-state index is 0.126. The molecule has 0 unspecified atom stereocenters. The molecule has 0 N–H and O–H groups in total. The molecule has 5 heteroatoms. The number of hydrogen-bond donors (Lipinski definition) is 0. The Morgan fingerprint density at radius 1 is 0.800 bits per heavy atom. The van der Waals surface area contributed by atoms with E-state index in [-0.39, 0.29) is 5.78 Å². The van der Waals surface area contributed by atoms with Gasteiger partial charge < -0.3 is 18.9 Å². The summed E-state index contributed by atoms with van der Waals surface area (Å²) in [7, 11) is 4.79. The van der Waals surface area contributed by atoms with Crippen molar-refractivity contribution in [2.24, 2.45) is 0 Å². The van der Waals surface area contributed by atoms with Crippen LogP contribution in [0.15, 0.2) is 72.8 Å². The number of benzene rings is 3. The second-order valence-corrected chi connectivity index (χ2v) is 6.43. The van der Waals surface area contributed by atoms with Crippen LogP contribution < -0.4 is 18.9 Å². The lowest BCUT2D eigenvalue weighted by Gasteiger charge is -2.11. The van der Waals surface area contributed by atoms with E-state index in [4.69, 9.17) is 18.9 Å². The number of hydrogen-bond acceptors (Lipinski definition) is 5. The van der Waals surface area contributed by atoms with Crippen molar-refractivity contribution in [2.45, 2.75) is 6.61 Å². The van der Waals surface area contributed by atoms with E-state index in [0.717, 1.165) is 28.4 Å². The van der Waals surface area contributed by atoms with Crippen molar-refractivity contribution in [3.8, 4) is 23.0 Å². The fraction of sp³-hybridized carbons (Fsp3) is 0.160. The molecule has 0 saturated heterocycles. The number of rotatable bonds is 9. The van der Waals surface area contributed by atoms with E-state index in [0.29, 0.717) is 17.9 Å². The smallest absolute Gasteiger partial charge is 0.189 e.